The van der Waals surface area contributed by atoms with Gasteiger partial charge in [-0.1, -0.05) is 0 Å². The van der Waals surface area contributed by atoms with Crippen LogP contribution in [0.4, 0.5) is 24.9 Å². The highest BCUT2D eigenvalue weighted by molar-refractivity contribution is 5.94. The Kier molecular flexibility index (Phi) is 5.48. The molecule has 2 aromatic rings. The molecule has 1 aromatic carbocycles. The Balaban J connectivity index is 1.70. The molecule has 0 radical (unpaired) electrons. The van der Waals surface area contributed by atoms with Crippen LogP contribution in [-0.4, -0.2) is 53.5 Å². The Labute approximate surface area is 155 Å². The highest BCUT2D eigenvalue weighted by Crippen LogP contribution is 2.20. The van der Waals surface area contributed by atoms with Crippen LogP contribution in [0.2, 0.25) is 0 Å². The molecule has 6 nitrogen and oxygen atoms in total. The maximum Gasteiger partial charge on any atom is 0.257 e. The lowest BCUT2D eigenvalue weighted by Gasteiger charge is -2.35. The SMILES string of the molecule is CCNc1cc(C)nc(N2CCN(C(=O)c3ccc(F)c(F)c3F)CC2)n1. The molecule has 2 heterocycles. The van der Waals surface area contributed by atoms with Gasteiger partial charge in [0.1, 0.15) is 5.82 Å². The van der Waals surface area contributed by atoms with E-state index in [1.54, 1.807) is 0 Å². The van der Waals surface area contributed by atoms with E-state index in [2.05, 4.69) is 15.3 Å². The number of halogens is 3. The molecule has 144 valence electrons. The second-order valence-electron chi connectivity index (χ2n) is 6.23. The van der Waals surface area contributed by atoms with E-state index < -0.39 is 28.9 Å². The third-order valence-electron chi connectivity index (χ3n) is 4.32. The van der Waals surface area contributed by atoms with Crippen molar-refractivity contribution in [2.24, 2.45) is 0 Å². The van der Waals surface area contributed by atoms with Gasteiger partial charge in [0.25, 0.3) is 5.91 Å². The third kappa shape index (κ3) is 3.96. The number of rotatable bonds is 4. The van der Waals surface area contributed by atoms with Crippen LogP contribution in [-0.2, 0) is 0 Å². The topological polar surface area (TPSA) is 61.4 Å². The van der Waals surface area contributed by atoms with Gasteiger partial charge in [0.15, 0.2) is 17.5 Å². The van der Waals surface area contributed by atoms with E-state index in [-0.39, 0.29) is 0 Å². The number of aromatic nitrogens is 2. The van der Waals surface area contributed by atoms with Crippen LogP contribution in [0.1, 0.15) is 23.0 Å². The van der Waals surface area contributed by atoms with Crippen LogP contribution in [0.5, 0.6) is 0 Å². The van der Waals surface area contributed by atoms with Crippen molar-refractivity contribution in [2.75, 3.05) is 42.9 Å². The van der Waals surface area contributed by atoms with E-state index in [1.165, 1.54) is 4.90 Å². The zero-order valence-electron chi connectivity index (χ0n) is 15.1. The molecule has 1 amide bonds. The molecule has 9 heteroatoms. The summed E-state index contributed by atoms with van der Waals surface area (Å²) in [5, 5.41) is 3.14. The van der Waals surface area contributed by atoms with E-state index >= 15 is 0 Å². The number of piperazine rings is 1. The number of aryl methyl sites for hydroxylation is 1. The summed E-state index contributed by atoms with van der Waals surface area (Å²) >= 11 is 0. The predicted molar refractivity (Wildman–Crippen MR) is 95.4 cm³/mol. The summed E-state index contributed by atoms with van der Waals surface area (Å²) in [6.07, 6.45) is 0. The van der Waals surface area contributed by atoms with Crippen molar-refractivity contribution in [3.05, 3.63) is 46.9 Å². The highest BCUT2D eigenvalue weighted by atomic mass is 19.2. The van der Waals surface area contributed by atoms with Crippen molar-refractivity contribution >= 4 is 17.7 Å². The minimum absolute atomic E-state index is 0.297. The molecule has 0 saturated carbocycles. The highest BCUT2D eigenvalue weighted by Gasteiger charge is 2.27. The summed E-state index contributed by atoms with van der Waals surface area (Å²) in [6, 6.07) is 3.57. The normalized spacial score (nSPS) is 14.4. The lowest BCUT2D eigenvalue weighted by atomic mass is 10.1. The van der Waals surface area contributed by atoms with Gasteiger partial charge < -0.3 is 15.1 Å². The molecule has 0 aliphatic carbocycles. The van der Waals surface area contributed by atoms with Gasteiger partial charge in [0.2, 0.25) is 5.95 Å². The monoisotopic (exact) mass is 379 g/mol. The van der Waals surface area contributed by atoms with Crippen molar-refractivity contribution in [3.8, 4) is 0 Å². The van der Waals surface area contributed by atoms with Crippen molar-refractivity contribution < 1.29 is 18.0 Å². The maximum absolute atomic E-state index is 13.9. The molecule has 3 rings (SSSR count). The average Bonchev–Trinajstić information content (AvgIpc) is 2.66. The number of anilines is 2. The first-order valence-corrected chi connectivity index (χ1v) is 8.68. The summed E-state index contributed by atoms with van der Waals surface area (Å²) in [5.74, 6) is -3.80. The van der Waals surface area contributed by atoms with Crippen LogP contribution in [0.3, 0.4) is 0 Å². The lowest BCUT2D eigenvalue weighted by molar-refractivity contribution is 0.0740. The number of nitrogens with zero attached hydrogens (tertiary/aromatic N) is 4. The summed E-state index contributed by atoms with van der Waals surface area (Å²) in [7, 11) is 0. The van der Waals surface area contributed by atoms with Crippen LogP contribution in [0.25, 0.3) is 0 Å². The molecular weight excluding hydrogens is 359 g/mol. The van der Waals surface area contributed by atoms with E-state index in [4.69, 9.17) is 0 Å². The molecule has 0 atom stereocenters. The first-order valence-electron chi connectivity index (χ1n) is 8.68. The molecule has 1 saturated heterocycles. The molecule has 0 spiro atoms. The van der Waals surface area contributed by atoms with E-state index in [9.17, 15) is 18.0 Å². The first-order chi connectivity index (χ1) is 12.9. The Morgan fingerprint density at radius 2 is 1.81 bits per heavy atom. The van der Waals surface area contributed by atoms with Gasteiger partial charge in [0.05, 0.1) is 5.56 Å². The summed E-state index contributed by atoms with van der Waals surface area (Å²) in [5.41, 5.74) is 0.349. The minimum atomic E-state index is -1.64. The number of hydrogen-bond acceptors (Lipinski definition) is 5. The van der Waals surface area contributed by atoms with Crippen LogP contribution >= 0.6 is 0 Å². The number of amides is 1. The largest absolute Gasteiger partial charge is 0.370 e. The summed E-state index contributed by atoms with van der Waals surface area (Å²) in [6.45, 7) is 6.07. The van der Waals surface area contributed by atoms with Crippen molar-refractivity contribution in [3.63, 3.8) is 0 Å². The van der Waals surface area contributed by atoms with Gasteiger partial charge in [-0.25, -0.2) is 18.2 Å². The zero-order valence-corrected chi connectivity index (χ0v) is 15.1. The van der Waals surface area contributed by atoms with Gasteiger partial charge in [-0.05, 0) is 26.0 Å². The van der Waals surface area contributed by atoms with E-state index in [0.29, 0.717) is 32.1 Å². The van der Waals surface area contributed by atoms with Gasteiger partial charge in [-0.3, -0.25) is 4.79 Å². The number of nitrogens with one attached hydrogen (secondary N) is 1. The van der Waals surface area contributed by atoms with Crippen molar-refractivity contribution in [2.45, 2.75) is 13.8 Å². The zero-order chi connectivity index (χ0) is 19.6. The van der Waals surface area contributed by atoms with E-state index in [1.807, 2.05) is 24.8 Å². The van der Waals surface area contributed by atoms with Gasteiger partial charge in [-0.2, -0.15) is 4.98 Å². The Bertz CT molecular complexity index is 853. The molecule has 1 N–H and O–H groups in total. The second-order valence-corrected chi connectivity index (χ2v) is 6.23. The standard InChI is InChI=1S/C18H20F3N5O/c1-3-22-14-10-11(2)23-18(24-14)26-8-6-25(7-9-26)17(27)12-4-5-13(19)16(21)15(12)20/h4-5,10H,3,6-9H2,1-2H3,(H,22,23,24). The average molecular weight is 379 g/mol. The van der Waals surface area contributed by atoms with Crippen molar-refractivity contribution in [1.29, 1.82) is 0 Å². The Morgan fingerprint density at radius 1 is 1.11 bits per heavy atom. The molecule has 1 aliphatic rings. The number of carbonyl (C=O) groups is 1. The Hall–Kier alpha value is -2.84. The van der Waals surface area contributed by atoms with E-state index in [0.717, 1.165) is 30.2 Å². The third-order valence-corrected chi connectivity index (χ3v) is 4.32. The fraction of sp³-hybridized carbons (Fsp3) is 0.389. The van der Waals surface area contributed by atoms with Crippen LogP contribution in [0.15, 0.2) is 18.2 Å². The molecule has 1 fully saturated rings. The molecule has 0 bridgehead atoms. The smallest absolute Gasteiger partial charge is 0.257 e. The fourth-order valence-electron chi connectivity index (χ4n) is 2.94. The lowest BCUT2D eigenvalue weighted by Crippen LogP contribution is -2.49. The second kappa shape index (κ2) is 7.81. The Morgan fingerprint density at radius 3 is 2.48 bits per heavy atom. The van der Waals surface area contributed by atoms with Crippen LogP contribution < -0.4 is 10.2 Å². The predicted octanol–water partition coefficient (Wildman–Crippen LogP) is 2.60. The number of carbonyl (C=O) groups excluding carboxylic acids is 1. The van der Waals surface area contributed by atoms with Gasteiger partial charge in [-0.15, -0.1) is 0 Å². The first kappa shape index (κ1) is 18.9. The number of hydrogen-bond donors (Lipinski definition) is 1. The summed E-state index contributed by atoms with van der Waals surface area (Å²) < 4.78 is 40.3. The molecular formula is C18H20F3N5O. The maximum atomic E-state index is 13.9. The minimum Gasteiger partial charge on any atom is -0.370 e. The molecule has 1 aromatic heterocycles. The van der Waals surface area contributed by atoms with Crippen molar-refractivity contribution in [1.82, 2.24) is 14.9 Å². The summed E-state index contributed by atoms with van der Waals surface area (Å²) in [4.78, 5) is 24.7. The number of benzene rings is 1. The van der Waals surface area contributed by atoms with Crippen LogP contribution in [0, 0.1) is 24.4 Å². The van der Waals surface area contributed by atoms with Gasteiger partial charge >= 0.3 is 0 Å². The molecule has 1 aliphatic heterocycles. The van der Waals surface area contributed by atoms with Gasteiger partial charge in [0, 0.05) is 44.5 Å². The molecule has 27 heavy (non-hydrogen) atoms. The fourth-order valence-corrected chi connectivity index (χ4v) is 2.94. The molecule has 0 unspecified atom stereocenters. The quantitative estimate of drug-likeness (QED) is 0.828.